The lowest BCUT2D eigenvalue weighted by Crippen LogP contribution is -2.09. The molecule has 1 aliphatic rings. The number of benzene rings is 1. The minimum absolute atomic E-state index is 0.616. The maximum absolute atomic E-state index is 5.58. The quantitative estimate of drug-likeness (QED) is 0.880. The average molecular weight is 232 g/mol. The van der Waals surface area contributed by atoms with E-state index in [9.17, 15) is 0 Å². The van der Waals surface area contributed by atoms with Gasteiger partial charge in [0, 0.05) is 19.8 Å². The van der Waals surface area contributed by atoms with E-state index in [1.54, 1.807) is 0 Å². The van der Waals surface area contributed by atoms with Crippen LogP contribution in [0.3, 0.4) is 0 Å². The summed E-state index contributed by atoms with van der Waals surface area (Å²) >= 11 is 0. The van der Waals surface area contributed by atoms with Crippen LogP contribution in [-0.2, 0) is 4.74 Å². The molecule has 4 heteroatoms. The van der Waals surface area contributed by atoms with Crippen molar-refractivity contribution in [3.8, 4) is 0 Å². The molecule has 1 fully saturated rings. The number of fused-ring (bicyclic) bond motifs is 1. The van der Waals surface area contributed by atoms with E-state index in [0.717, 1.165) is 37.3 Å². The van der Waals surface area contributed by atoms with Gasteiger partial charge in [-0.2, -0.15) is 4.98 Å². The van der Waals surface area contributed by atoms with E-state index >= 15 is 0 Å². The highest BCUT2D eigenvalue weighted by atomic mass is 16.5. The second kappa shape index (κ2) is 4.75. The fourth-order valence-corrected chi connectivity index (χ4v) is 2.14. The lowest BCUT2D eigenvalue weighted by atomic mass is 10.1. The summed E-state index contributed by atoms with van der Waals surface area (Å²) in [5, 5.41) is 3.23. The topological polar surface area (TPSA) is 47.3 Å². The van der Waals surface area contributed by atoms with E-state index in [-0.39, 0.29) is 0 Å². The molecule has 3 rings (SSSR count). The van der Waals surface area contributed by atoms with Crippen LogP contribution in [0.2, 0.25) is 0 Å². The van der Waals surface area contributed by atoms with Crippen molar-refractivity contribution in [3.63, 3.8) is 0 Å². The second-order valence-corrected chi connectivity index (χ2v) is 4.43. The van der Waals surface area contributed by atoms with E-state index in [1.807, 2.05) is 24.3 Å². The van der Waals surface area contributed by atoms with Crippen molar-refractivity contribution < 1.29 is 9.15 Å². The molecule has 0 saturated carbocycles. The van der Waals surface area contributed by atoms with Crippen LogP contribution in [0.1, 0.15) is 12.8 Å². The Labute approximate surface area is 100.0 Å². The van der Waals surface area contributed by atoms with Crippen molar-refractivity contribution in [1.82, 2.24) is 4.98 Å². The molecule has 0 radical (unpaired) electrons. The summed E-state index contributed by atoms with van der Waals surface area (Å²) in [5.41, 5.74) is 1.73. The van der Waals surface area contributed by atoms with Crippen LogP contribution < -0.4 is 5.32 Å². The summed E-state index contributed by atoms with van der Waals surface area (Å²) in [6, 6.07) is 8.41. The SMILES string of the molecule is c1ccc2oc(NCCC3CCOC3)nc2c1. The molecule has 1 unspecified atom stereocenters. The van der Waals surface area contributed by atoms with Gasteiger partial charge in [-0.3, -0.25) is 0 Å². The molecule has 1 aromatic carbocycles. The predicted octanol–water partition coefficient (Wildman–Crippen LogP) is 2.67. The Bertz CT molecular complexity index is 456. The van der Waals surface area contributed by atoms with Crippen molar-refractivity contribution in [2.45, 2.75) is 12.8 Å². The van der Waals surface area contributed by atoms with Crippen LogP contribution in [0.15, 0.2) is 28.7 Å². The van der Waals surface area contributed by atoms with Gasteiger partial charge in [0.2, 0.25) is 0 Å². The van der Waals surface area contributed by atoms with Gasteiger partial charge in [-0.15, -0.1) is 0 Å². The molecule has 0 spiro atoms. The van der Waals surface area contributed by atoms with Crippen LogP contribution in [0.25, 0.3) is 11.1 Å². The predicted molar refractivity (Wildman–Crippen MR) is 66.0 cm³/mol. The number of aromatic nitrogens is 1. The van der Waals surface area contributed by atoms with Gasteiger partial charge in [-0.1, -0.05) is 12.1 Å². The molecule has 1 atom stereocenters. The van der Waals surface area contributed by atoms with Gasteiger partial charge in [0.1, 0.15) is 5.52 Å². The van der Waals surface area contributed by atoms with Gasteiger partial charge in [-0.25, -0.2) is 0 Å². The van der Waals surface area contributed by atoms with E-state index < -0.39 is 0 Å². The summed E-state index contributed by atoms with van der Waals surface area (Å²) in [7, 11) is 0. The Kier molecular flexibility index (Phi) is 2.96. The first-order chi connectivity index (χ1) is 8.42. The minimum Gasteiger partial charge on any atom is -0.424 e. The molecule has 0 amide bonds. The van der Waals surface area contributed by atoms with Crippen LogP contribution in [-0.4, -0.2) is 24.7 Å². The second-order valence-electron chi connectivity index (χ2n) is 4.43. The number of oxazole rings is 1. The van der Waals surface area contributed by atoms with E-state index in [0.29, 0.717) is 11.9 Å². The molecular formula is C13H16N2O2. The molecule has 1 aliphatic heterocycles. The number of nitrogens with one attached hydrogen (secondary N) is 1. The summed E-state index contributed by atoms with van der Waals surface area (Å²) in [6.07, 6.45) is 2.29. The summed E-state index contributed by atoms with van der Waals surface area (Å²) in [4.78, 5) is 4.37. The first kappa shape index (κ1) is 10.6. The fraction of sp³-hybridized carbons (Fsp3) is 0.462. The van der Waals surface area contributed by atoms with Gasteiger partial charge in [0.05, 0.1) is 0 Å². The first-order valence-electron chi connectivity index (χ1n) is 6.09. The lowest BCUT2D eigenvalue weighted by Gasteiger charge is -2.06. The monoisotopic (exact) mass is 232 g/mol. The number of anilines is 1. The van der Waals surface area contributed by atoms with E-state index in [1.165, 1.54) is 6.42 Å². The lowest BCUT2D eigenvalue weighted by molar-refractivity contribution is 0.185. The van der Waals surface area contributed by atoms with Crippen molar-refractivity contribution >= 4 is 17.1 Å². The number of ether oxygens (including phenoxy) is 1. The van der Waals surface area contributed by atoms with Gasteiger partial charge in [0.15, 0.2) is 5.58 Å². The highest BCUT2D eigenvalue weighted by molar-refractivity contribution is 5.74. The van der Waals surface area contributed by atoms with Crippen LogP contribution in [0, 0.1) is 5.92 Å². The Morgan fingerprint density at radius 1 is 1.35 bits per heavy atom. The van der Waals surface area contributed by atoms with Crippen LogP contribution in [0.5, 0.6) is 0 Å². The molecule has 90 valence electrons. The zero-order valence-corrected chi connectivity index (χ0v) is 9.69. The molecule has 2 heterocycles. The van der Waals surface area contributed by atoms with Gasteiger partial charge >= 0.3 is 0 Å². The maximum atomic E-state index is 5.58. The summed E-state index contributed by atoms with van der Waals surface area (Å²) in [5.74, 6) is 0.687. The summed E-state index contributed by atoms with van der Waals surface area (Å²) < 4.78 is 10.9. The third-order valence-corrected chi connectivity index (χ3v) is 3.15. The van der Waals surface area contributed by atoms with E-state index in [4.69, 9.17) is 9.15 Å². The Balaban J connectivity index is 1.57. The van der Waals surface area contributed by atoms with Crippen molar-refractivity contribution in [3.05, 3.63) is 24.3 Å². The molecule has 1 saturated heterocycles. The number of hydrogen-bond acceptors (Lipinski definition) is 4. The molecule has 4 nitrogen and oxygen atoms in total. The van der Waals surface area contributed by atoms with Gasteiger partial charge < -0.3 is 14.5 Å². The average Bonchev–Trinajstić information content (AvgIpc) is 2.96. The molecule has 1 N–H and O–H groups in total. The van der Waals surface area contributed by atoms with Gasteiger partial charge in [0.25, 0.3) is 6.01 Å². The molecule has 2 aromatic rings. The highest BCUT2D eigenvalue weighted by Gasteiger charge is 2.15. The van der Waals surface area contributed by atoms with E-state index in [2.05, 4.69) is 10.3 Å². The molecular weight excluding hydrogens is 216 g/mol. The highest BCUT2D eigenvalue weighted by Crippen LogP contribution is 2.19. The van der Waals surface area contributed by atoms with Crippen molar-refractivity contribution in [2.75, 3.05) is 25.1 Å². The zero-order valence-electron chi connectivity index (χ0n) is 9.69. The number of hydrogen-bond donors (Lipinski definition) is 1. The third-order valence-electron chi connectivity index (χ3n) is 3.15. The molecule has 0 aliphatic carbocycles. The largest absolute Gasteiger partial charge is 0.424 e. The van der Waals surface area contributed by atoms with Crippen molar-refractivity contribution in [1.29, 1.82) is 0 Å². The summed E-state index contributed by atoms with van der Waals surface area (Å²) in [6.45, 7) is 2.70. The Morgan fingerprint density at radius 3 is 3.12 bits per heavy atom. The first-order valence-corrected chi connectivity index (χ1v) is 6.09. The smallest absolute Gasteiger partial charge is 0.295 e. The molecule has 0 bridgehead atoms. The van der Waals surface area contributed by atoms with Gasteiger partial charge in [-0.05, 0) is 30.9 Å². The third kappa shape index (κ3) is 2.42. The zero-order chi connectivity index (χ0) is 11.5. The minimum atomic E-state index is 0.616. The van der Waals surface area contributed by atoms with Crippen LogP contribution >= 0.6 is 0 Å². The Morgan fingerprint density at radius 2 is 2.29 bits per heavy atom. The number of para-hydroxylation sites is 2. The number of rotatable bonds is 4. The van der Waals surface area contributed by atoms with Crippen molar-refractivity contribution in [2.24, 2.45) is 5.92 Å². The maximum Gasteiger partial charge on any atom is 0.295 e. The number of nitrogens with zero attached hydrogens (tertiary/aromatic N) is 1. The van der Waals surface area contributed by atoms with Crippen LogP contribution in [0.4, 0.5) is 6.01 Å². The Hall–Kier alpha value is -1.55. The standard InChI is InChI=1S/C13H16N2O2/c1-2-4-12-11(3-1)15-13(17-12)14-7-5-10-6-8-16-9-10/h1-4,10H,5-9H2,(H,14,15). The fourth-order valence-electron chi connectivity index (χ4n) is 2.14. The molecule has 17 heavy (non-hydrogen) atoms. The normalized spacial score (nSPS) is 19.9. The molecule has 1 aromatic heterocycles.